The van der Waals surface area contributed by atoms with E-state index < -0.39 is 6.61 Å². The Morgan fingerprint density at radius 3 is 3.00 bits per heavy atom. The van der Waals surface area contributed by atoms with Gasteiger partial charge in [0, 0.05) is 11.5 Å². The van der Waals surface area contributed by atoms with Crippen LogP contribution in [0.25, 0.3) is 16.5 Å². The third-order valence-electron chi connectivity index (χ3n) is 1.64. The molecule has 0 aromatic heterocycles. The number of nitrogens with zero attached hydrogens (tertiary/aromatic N) is 3. The third kappa shape index (κ3) is 4.43. The maximum Gasteiger partial charge on any atom is 0.387 e. The maximum absolute atomic E-state index is 11.9. The molecule has 0 unspecified atom stereocenters. The fourth-order valence-electron chi connectivity index (χ4n) is 1.07. The topological polar surface area (TPSA) is 58.0 Å². The fraction of sp³-hybridized carbons (Fsp3) is 0.200. The number of azide groups is 1. The highest BCUT2D eigenvalue weighted by molar-refractivity contribution is 5.51. The highest BCUT2D eigenvalue weighted by Crippen LogP contribution is 2.16. The van der Waals surface area contributed by atoms with Gasteiger partial charge in [0.15, 0.2) is 0 Å². The fourth-order valence-corrected chi connectivity index (χ4v) is 1.07. The number of benzene rings is 1. The monoisotopic (exact) mass is 225 g/mol. The zero-order chi connectivity index (χ0) is 11.8. The quantitative estimate of drug-likeness (QED) is 0.429. The van der Waals surface area contributed by atoms with Crippen molar-refractivity contribution in [1.29, 1.82) is 0 Å². The van der Waals surface area contributed by atoms with Crippen LogP contribution < -0.4 is 4.74 Å². The van der Waals surface area contributed by atoms with Gasteiger partial charge in [0.25, 0.3) is 0 Å². The van der Waals surface area contributed by atoms with Gasteiger partial charge in [-0.2, -0.15) is 8.78 Å². The van der Waals surface area contributed by atoms with Crippen LogP contribution in [0.1, 0.15) is 5.56 Å². The summed E-state index contributed by atoms with van der Waals surface area (Å²) >= 11 is 0. The molecular weight excluding hydrogens is 216 g/mol. The van der Waals surface area contributed by atoms with Crippen LogP contribution in [0.5, 0.6) is 5.75 Å². The number of ether oxygens (including phenoxy) is 1. The Morgan fingerprint density at radius 2 is 2.31 bits per heavy atom. The Bertz CT molecular complexity index is 414. The third-order valence-corrected chi connectivity index (χ3v) is 1.64. The average Bonchev–Trinajstić information content (AvgIpc) is 2.24. The largest absolute Gasteiger partial charge is 0.435 e. The predicted molar refractivity (Wildman–Crippen MR) is 56.1 cm³/mol. The second-order valence-corrected chi connectivity index (χ2v) is 2.77. The molecule has 1 aromatic rings. The van der Waals surface area contributed by atoms with Crippen LogP contribution in [-0.4, -0.2) is 13.2 Å². The van der Waals surface area contributed by atoms with Crippen molar-refractivity contribution in [2.45, 2.75) is 6.61 Å². The van der Waals surface area contributed by atoms with Crippen molar-refractivity contribution in [3.8, 4) is 5.75 Å². The van der Waals surface area contributed by atoms with Gasteiger partial charge >= 0.3 is 6.61 Å². The summed E-state index contributed by atoms with van der Waals surface area (Å²) in [5.74, 6) is 0.0981. The second kappa shape index (κ2) is 6.42. The summed E-state index contributed by atoms with van der Waals surface area (Å²) in [7, 11) is 0. The van der Waals surface area contributed by atoms with Gasteiger partial charge in [-0.05, 0) is 23.2 Å². The zero-order valence-electron chi connectivity index (χ0n) is 8.25. The van der Waals surface area contributed by atoms with Crippen molar-refractivity contribution in [1.82, 2.24) is 0 Å². The molecule has 4 nitrogen and oxygen atoms in total. The molecule has 0 amide bonds. The summed E-state index contributed by atoms with van der Waals surface area (Å²) in [5.41, 5.74) is 8.73. The van der Waals surface area contributed by atoms with Crippen LogP contribution in [0.4, 0.5) is 8.78 Å². The molecule has 0 saturated heterocycles. The van der Waals surface area contributed by atoms with Gasteiger partial charge in [0.05, 0.1) is 0 Å². The first-order valence-electron chi connectivity index (χ1n) is 4.44. The van der Waals surface area contributed by atoms with Gasteiger partial charge in [-0.3, -0.25) is 0 Å². The molecule has 0 N–H and O–H groups in total. The molecule has 0 saturated carbocycles. The second-order valence-electron chi connectivity index (χ2n) is 2.77. The van der Waals surface area contributed by atoms with Gasteiger partial charge in [-0.25, -0.2) is 0 Å². The summed E-state index contributed by atoms with van der Waals surface area (Å²) in [6, 6.07) is 6.24. The van der Waals surface area contributed by atoms with Crippen LogP contribution in [0.2, 0.25) is 0 Å². The molecule has 0 aliphatic rings. The lowest BCUT2D eigenvalue weighted by Crippen LogP contribution is -2.01. The highest BCUT2D eigenvalue weighted by atomic mass is 19.3. The molecule has 0 radical (unpaired) electrons. The first-order chi connectivity index (χ1) is 7.72. The van der Waals surface area contributed by atoms with Gasteiger partial charge in [-0.15, -0.1) is 0 Å². The van der Waals surface area contributed by atoms with Crippen molar-refractivity contribution in [3.05, 3.63) is 46.3 Å². The lowest BCUT2D eigenvalue weighted by atomic mass is 10.2. The molecule has 0 bridgehead atoms. The molecule has 0 spiro atoms. The number of halogens is 2. The smallest absolute Gasteiger partial charge is 0.387 e. The standard InChI is InChI=1S/C10H9F2N3O/c11-10(12)16-9-5-1-3-8(7-9)4-2-6-14-15-13/h1-5,7,10H,6H2. The summed E-state index contributed by atoms with van der Waals surface area (Å²) in [4.78, 5) is 2.57. The van der Waals surface area contributed by atoms with E-state index in [2.05, 4.69) is 14.8 Å². The van der Waals surface area contributed by atoms with Crippen molar-refractivity contribution < 1.29 is 13.5 Å². The van der Waals surface area contributed by atoms with Crippen molar-refractivity contribution >= 4 is 6.08 Å². The molecule has 1 rings (SSSR count). The van der Waals surface area contributed by atoms with Gasteiger partial charge in [0.2, 0.25) is 0 Å². The van der Waals surface area contributed by atoms with E-state index in [9.17, 15) is 8.78 Å². The molecule has 0 aliphatic heterocycles. The van der Waals surface area contributed by atoms with Gasteiger partial charge < -0.3 is 4.74 Å². The number of rotatable bonds is 5. The molecule has 0 atom stereocenters. The first kappa shape index (κ1) is 12.0. The summed E-state index contributed by atoms with van der Waals surface area (Å²) < 4.78 is 28.1. The summed E-state index contributed by atoms with van der Waals surface area (Å²) in [6.07, 6.45) is 3.29. The molecule has 6 heteroatoms. The van der Waals surface area contributed by atoms with E-state index in [-0.39, 0.29) is 12.3 Å². The van der Waals surface area contributed by atoms with Crippen LogP contribution in [0.15, 0.2) is 35.5 Å². The van der Waals surface area contributed by atoms with E-state index in [1.165, 1.54) is 12.1 Å². The van der Waals surface area contributed by atoms with Crippen molar-refractivity contribution in [3.63, 3.8) is 0 Å². The van der Waals surface area contributed by atoms with E-state index in [4.69, 9.17) is 5.53 Å². The molecule has 0 fully saturated rings. The van der Waals surface area contributed by atoms with Crippen LogP contribution in [0, 0.1) is 0 Å². The molecule has 0 aliphatic carbocycles. The van der Waals surface area contributed by atoms with Gasteiger partial charge in [0.1, 0.15) is 5.75 Å². The Hall–Kier alpha value is -2.07. The van der Waals surface area contributed by atoms with Gasteiger partial charge in [-0.1, -0.05) is 29.4 Å². The van der Waals surface area contributed by atoms with E-state index in [0.29, 0.717) is 5.56 Å². The first-order valence-corrected chi connectivity index (χ1v) is 4.44. The highest BCUT2D eigenvalue weighted by Gasteiger charge is 2.03. The average molecular weight is 225 g/mol. The Labute approximate surface area is 90.8 Å². The Morgan fingerprint density at radius 1 is 1.50 bits per heavy atom. The summed E-state index contributed by atoms with van der Waals surface area (Å²) in [5, 5.41) is 3.30. The molecule has 1 aromatic carbocycles. The predicted octanol–water partition coefficient (Wildman–Crippen LogP) is 3.61. The molecule has 84 valence electrons. The Balaban J connectivity index is 2.66. The van der Waals surface area contributed by atoms with E-state index in [1.807, 2.05) is 0 Å². The number of hydrogen-bond donors (Lipinski definition) is 0. The zero-order valence-corrected chi connectivity index (χ0v) is 8.25. The number of hydrogen-bond acceptors (Lipinski definition) is 2. The van der Waals surface area contributed by atoms with Crippen LogP contribution in [0.3, 0.4) is 0 Å². The molecular formula is C10H9F2N3O. The van der Waals surface area contributed by atoms with Crippen LogP contribution >= 0.6 is 0 Å². The Kier molecular flexibility index (Phi) is 4.82. The van der Waals surface area contributed by atoms with Crippen molar-refractivity contribution in [2.24, 2.45) is 5.11 Å². The van der Waals surface area contributed by atoms with Crippen molar-refractivity contribution in [2.75, 3.05) is 6.54 Å². The maximum atomic E-state index is 11.9. The normalized spacial score (nSPS) is 10.4. The summed E-state index contributed by atoms with van der Waals surface area (Å²) in [6.45, 7) is -2.61. The minimum Gasteiger partial charge on any atom is -0.435 e. The van der Waals surface area contributed by atoms with Crippen LogP contribution in [-0.2, 0) is 0 Å². The lowest BCUT2D eigenvalue weighted by molar-refractivity contribution is -0.0498. The molecule has 16 heavy (non-hydrogen) atoms. The number of alkyl halides is 2. The van der Waals surface area contributed by atoms with E-state index in [1.54, 1.807) is 24.3 Å². The minimum absolute atomic E-state index is 0.0981. The molecule has 0 heterocycles. The SMILES string of the molecule is [N-]=[N+]=NCC=Cc1cccc(OC(F)F)c1. The minimum atomic E-state index is -2.83. The van der Waals surface area contributed by atoms with E-state index in [0.717, 1.165) is 0 Å². The lowest BCUT2D eigenvalue weighted by Gasteiger charge is -2.04. The van der Waals surface area contributed by atoms with E-state index >= 15 is 0 Å².